The monoisotopic (exact) mass is 240 g/mol. The molecule has 0 unspecified atom stereocenters. The van der Waals surface area contributed by atoms with Crippen molar-refractivity contribution in [3.05, 3.63) is 34.3 Å². The Hall–Kier alpha value is -1.76. The Bertz CT molecular complexity index is 452. The number of rotatable bonds is 3. The van der Waals surface area contributed by atoms with Crippen LogP contribution >= 0.6 is 12.2 Å². The molecule has 0 aromatic carbocycles. The van der Waals surface area contributed by atoms with Gasteiger partial charge < -0.3 is 15.4 Å². The van der Waals surface area contributed by atoms with Crippen molar-refractivity contribution in [3.8, 4) is 0 Å². The standard InChI is InChI=1S/C9H12N4O2S/c1-6(2)4-11-9(16)12-7(3)10-5-8(12)13(14)15/h5H,1,4H2,2-3H3,(H,11,16). The second-order valence-electron chi connectivity index (χ2n) is 3.37. The van der Waals surface area contributed by atoms with E-state index in [1.807, 2.05) is 6.92 Å². The van der Waals surface area contributed by atoms with Gasteiger partial charge in [0.15, 0.2) is 0 Å². The summed E-state index contributed by atoms with van der Waals surface area (Å²) in [5.41, 5.74) is 0.891. The Morgan fingerprint density at radius 2 is 2.44 bits per heavy atom. The van der Waals surface area contributed by atoms with Crippen LogP contribution in [0.5, 0.6) is 0 Å². The number of hydrogen-bond donors (Lipinski definition) is 1. The van der Waals surface area contributed by atoms with Crippen LogP contribution in [0.1, 0.15) is 12.7 Å². The molecule has 0 bridgehead atoms. The quantitative estimate of drug-likeness (QED) is 0.374. The normalized spacial score (nSPS) is 9.88. The zero-order valence-corrected chi connectivity index (χ0v) is 9.87. The Balaban J connectivity index is 2.94. The fourth-order valence-electron chi connectivity index (χ4n) is 1.12. The van der Waals surface area contributed by atoms with E-state index in [2.05, 4.69) is 16.9 Å². The van der Waals surface area contributed by atoms with Crippen molar-refractivity contribution in [1.29, 1.82) is 0 Å². The lowest BCUT2D eigenvalue weighted by Gasteiger charge is -2.06. The molecule has 0 fully saturated rings. The van der Waals surface area contributed by atoms with E-state index in [1.165, 1.54) is 10.8 Å². The fraction of sp³-hybridized carbons (Fsp3) is 0.333. The summed E-state index contributed by atoms with van der Waals surface area (Å²) < 4.78 is 1.29. The zero-order valence-electron chi connectivity index (χ0n) is 9.06. The number of nitro groups is 1. The third kappa shape index (κ3) is 2.63. The molecule has 0 spiro atoms. The van der Waals surface area contributed by atoms with Crippen molar-refractivity contribution in [2.24, 2.45) is 0 Å². The Morgan fingerprint density at radius 3 is 2.94 bits per heavy atom. The summed E-state index contributed by atoms with van der Waals surface area (Å²) in [6.07, 6.45) is 1.18. The van der Waals surface area contributed by atoms with Gasteiger partial charge in [-0.25, -0.2) is 4.98 Å². The average molecular weight is 240 g/mol. The molecule has 0 radical (unpaired) electrons. The summed E-state index contributed by atoms with van der Waals surface area (Å²) in [5.74, 6) is 0.336. The van der Waals surface area contributed by atoms with E-state index in [4.69, 9.17) is 12.2 Å². The first-order valence-corrected chi connectivity index (χ1v) is 4.95. The lowest BCUT2D eigenvalue weighted by Crippen LogP contribution is -2.30. The number of hydrogen-bond acceptors (Lipinski definition) is 4. The first kappa shape index (κ1) is 12.3. The van der Waals surface area contributed by atoms with Gasteiger partial charge in [0, 0.05) is 13.5 Å². The maximum Gasteiger partial charge on any atom is 0.349 e. The molecule has 1 aromatic heterocycles. The lowest BCUT2D eigenvalue weighted by molar-refractivity contribution is -0.390. The lowest BCUT2D eigenvalue weighted by atomic mass is 10.3. The topological polar surface area (TPSA) is 73.0 Å². The van der Waals surface area contributed by atoms with Crippen LogP contribution in [0, 0.1) is 17.0 Å². The van der Waals surface area contributed by atoms with E-state index in [9.17, 15) is 10.1 Å². The van der Waals surface area contributed by atoms with Crippen LogP contribution in [0.2, 0.25) is 0 Å². The molecule has 0 atom stereocenters. The van der Waals surface area contributed by atoms with Gasteiger partial charge in [-0.05, 0) is 24.1 Å². The van der Waals surface area contributed by atoms with Crippen LogP contribution < -0.4 is 5.32 Å². The second-order valence-corrected chi connectivity index (χ2v) is 3.76. The Labute approximate surface area is 98.1 Å². The van der Waals surface area contributed by atoms with Crippen LogP contribution in [-0.2, 0) is 0 Å². The molecule has 16 heavy (non-hydrogen) atoms. The van der Waals surface area contributed by atoms with Crippen molar-refractivity contribution >= 4 is 23.1 Å². The molecule has 0 aliphatic rings. The van der Waals surface area contributed by atoms with Gasteiger partial charge in [0.05, 0.1) is 0 Å². The zero-order chi connectivity index (χ0) is 12.3. The van der Waals surface area contributed by atoms with E-state index in [0.717, 1.165) is 5.57 Å². The molecular formula is C9H12N4O2S. The second kappa shape index (κ2) is 4.84. The van der Waals surface area contributed by atoms with E-state index in [-0.39, 0.29) is 10.9 Å². The highest BCUT2D eigenvalue weighted by atomic mass is 32.1. The third-order valence-corrected chi connectivity index (χ3v) is 2.18. The van der Waals surface area contributed by atoms with Crippen molar-refractivity contribution in [3.63, 3.8) is 0 Å². The molecule has 0 amide bonds. The Morgan fingerprint density at radius 1 is 1.81 bits per heavy atom. The summed E-state index contributed by atoms with van der Waals surface area (Å²) in [7, 11) is 0. The largest absolute Gasteiger partial charge is 0.358 e. The minimum atomic E-state index is -0.519. The number of nitrogens with one attached hydrogen (secondary N) is 1. The highest BCUT2D eigenvalue weighted by Gasteiger charge is 2.21. The van der Waals surface area contributed by atoms with Gasteiger partial charge in [0.2, 0.25) is 5.82 Å². The van der Waals surface area contributed by atoms with Crippen LogP contribution in [-0.4, -0.2) is 26.1 Å². The summed E-state index contributed by atoms with van der Waals surface area (Å²) in [6, 6.07) is 0. The molecule has 0 aliphatic carbocycles. The first-order valence-electron chi connectivity index (χ1n) is 4.54. The number of thiocarbonyl (C=S) groups is 1. The summed E-state index contributed by atoms with van der Waals surface area (Å²) in [4.78, 5) is 14.1. The average Bonchev–Trinajstić information content (AvgIpc) is 2.56. The number of imidazole rings is 1. The van der Waals surface area contributed by atoms with Crippen LogP contribution in [0.15, 0.2) is 18.3 Å². The minimum Gasteiger partial charge on any atom is -0.358 e. The van der Waals surface area contributed by atoms with E-state index < -0.39 is 4.92 Å². The predicted octanol–water partition coefficient (Wildman–Crippen LogP) is 1.40. The van der Waals surface area contributed by atoms with Gasteiger partial charge in [0.1, 0.15) is 6.20 Å². The molecule has 0 aliphatic heterocycles. The molecule has 1 heterocycles. The number of aromatic nitrogens is 2. The Kier molecular flexibility index (Phi) is 3.73. The third-order valence-electron chi connectivity index (χ3n) is 1.85. The van der Waals surface area contributed by atoms with Crippen molar-refractivity contribution in [2.45, 2.75) is 13.8 Å². The maximum absolute atomic E-state index is 10.7. The highest BCUT2D eigenvalue weighted by molar-refractivity contribution is 7.80. The summed E-state index contributed by atoms with van der Waals surface area (Å²) in [6.45, 7) is 7.68. The van der Waals surface area contributed by atoms with E-state index >= 15 is 0 Å². The molecule has 7 heteroatoms. The SMILES string of the molecule is C=C(C)CNC(=S)n1c([N+](=O)[O-])cnc1C. The van der Waals surface area contributed by atoms with Gasteiger partial charge in [-0.15, -0.1) is 0 Å². The van der Waals surface area contributed by atoms with Crippen LogP contribution in [0.3, 0.4) is 0 Å². The smallest absolute Gasteiger partial charge is 0.349 e. The number of nitrogens with zero attached hydrogens (tertiary/aromatic N) is 3. The van der Waals surface area contributed by atoms with E-state index in [1.54, 1.807) is 6.92 Å². The van der Waals surface area contributed by atoms with E-state index in [0.29, 0.717) is 12.4 Å². The van der Waals surface area contributed by atoms with Crippen LogP contribution in [0.4, 0.5) is 5.82 Å². The van der Waals surface area contributed by atoms with Gasteiger partial charge in [0.25, 0.3) is 5.11 Å². The molecule has 0 saturated heterocycles. The number of aryl methyl sites for hydroxylation is 1. The highest BCUT2D eigenvalue weighted by Crippen LogP contribution is 2.12. The van der Waals surface area contributed by atoms with Gasteiger partial charge >= 0.3 is 5.82 Å². The first-order chi connectivity index (χ1) is 7.43. The molecule has 0 saturated carbocycles. The maximum atomic E-state index is 10.7. The van der Waals surface area contributed by atoms with Crippen molar-refractivity contribution < 1.29 is 4.92 Å². The molecule has 1 rings (SSSR count). The molecule has 1 N–H and O–H groups in total. The summed E-state index contributed by atoms with van der Waals surface area (Å²) in [5, 5.41) is 13.8. The van der Waals surface area contributed by atoms with Gasteiger partial charge in [-0.1, -0.05) is 12.2 Å². The fourth-order valence-corrected chi connectivity index (χ4v) is 1.42. The predicted molar refractivity (Wildman–Crippen MR) is 64.4 cm³/mol. The molecule has 1 aromatic rings. The molecule has 86 valence electrons. The molecule has 6 nitrogen and oxygen atoms in total. The van der Waals surface area contributed by atoms with Crippen LogP contribution in [0.25, 0.3) is 0 Å². The minimum absolute atomic E-state index is 0.142. The van der Waals surface area contributed by atoms with Gasteiger partial charge in [-0.2, -0.15) is 4.57 Å². The van der Waals surface area contributed by atoms with Gasteiger partial charge in [-0.3, -0.25) is 0 Å². The van der Waals surface area contributed by atoms with Crippen molar-refractivity contribution in [2.75, 3.05) is 6.54 Å². The summed E-state index contributed by atoms with van der Waals surface area (Å²) >= 11 is 5.05. The molecular weight excluding hydrogens is 228 g/mol. The van der Waals surface area contributed by atoms with Crippen molar-refractivity contribution in [1.82, 2.24) is 14.9 Å².